The molecule has 1 aromatic rings. The maximum Gasteiger partial charge on any atom is 0.303 e. The van der Waals surface area contributed by atoms with Gasteiger partial charge in [-0.1, -0.05) is 0 Å². The number of ether oxygens (including phenoxy) is 2. The first kappa shape index (κ1) is 14.3. The monoisotopic (exact) mass is 256 g/mol. The van der Waals surface area contributed by atoms with Crippen LogP contribution in [0.5, 0.6) is 11.5 Å². The molecule has 0 aromatic heterocycles. The number of carboxylic acids is 1. The number of methoxy groups -OCH3 is 2. The largest absolute Gasteiger partial charge is 0.496 e. The molecule has 0 saturated heterocycles. The van der Waals surface area contributed by atoms with Gasteiger partial charge in [0, 0.05) is 18.1 Å². The summed E-state index contributed by atoms with van der Waals surface area (Å²) in [6.45, 7) is 1.41. The lowest BCUT2D eigenvalue weighted by Crippen LogP contribution is -2.02. The molecule has 1 atom stereocenters. The summed E-state index contributed by atoms with van der Waals surface area (Å²) in [6.07, 6.45) is -0.917. The maximum absolute atomic E-state index is 13.5. The van der Waals surface area contributed by atoms with E-state index in [4.69, 9.17) is 14.6 Å². The standard InChI is InChI=1S/C13H17FO4/c1-8(14)10-6-9(4-5-13(15)16)11(17-2)7-12(10)18-3/h6-8H,4-5H2,1-3H3,(H,15,16). The van der Waals surface area contributed by atoms with Gasteiger partial charge in [0.05, 0.1) is 14.2 Å². The van der Waals surface area contributed by atoms with E-state index in [9.17, 15) is 9.18 Å². The lowest BCUT2D eigenvalue weighted by Gasteiger charge is -2.15. The van der Waals surface area contributed by atoms with Gasteiger partial charge in [0.25, 0.3) is 0 Å². The smallest absolute Gasteiger partial charge is 0.303 e. The Balaban J connectivity index is 3.14. The molecule has 0 saturated carbocycles. The van der Waals surface area contributed by atoms with Crippen molar-refractivity contribution in [1.82, 2.24) is 0 Å². The van der Waals surface area contributed by atoms with Gasteiger partial charge in [0.15, 0.2) is 0 Å². The van der Waals surface area contributed by atoms with Gasteiger partial charge >= 0.3 is 5.97 Å². The number of aliphatic carboxylic acids is 1. The van der Waals surface area contributed by atoms with Crippen molar-refractivity contribution in [2.45, 2.75) is 25.9 Å². The number of hydrogen-bond donors (Lipinski definition) is 1. The van der Waals surface area contributed by atoms with E-state index in [1.54, 1.807) is 12.1 Å². The highest BCUT2D eigenvalue weighted by atomic mass is 19.1. The second-order valence-corrected chi connectivity index (χ2v) is 3.92. The number of carboxylic acid groups (broad SMARTS) is 1. The van der Waals surface area contributed by atoms with E-state index in [2.05, 4.69) is 0 Å². The van der Waals surface area contributed by atoms with Crippen LogP contribution in [-0.4, -0.2) is 25.3 Å². The summed E-state index contributed by atoms with van der Waals surface area (Å²) < 4.78 is 23.7. The van der Waals surface area contributed by atoms with Crippen LogP contribution in [-0.2, 0) is 11.2 Å². The Morgan fingerprint density at radius 2 is 1.94 bits per heavy atom. The molecule has 1 N–H and O–H groups in total. The van der Waals surface area contributed by atoms with Gasteiger partial charge in [-0.3, -0.25) is 4.79 Å². The summed E-state index contributed by atoms with van der Waals surface area (Å²) in [5.41, 5.74) is 1.07. The van der Waals surface area contributed by atoms with E-state index in [1.807, 2.05) is 0 Å². The van der Waals surface area contributed by atoms with Gasteiger partial charge in [-0.25, -0.2) is 4.39 Å². The number of alkyl halides is 1. The summed E-state index contributed by atoms with van der Waals surface area (Å²) >= 11 is 0. The average molecular weight is 256 g/mol. The van der Waals surface area contributed by atoms with E-state index >= 15 is 0 Å². The predicted molar refractivity (Wildman–Crippen MR) is 65.0 cm³/mol. The Morgan fingerprint density at radius 3 is 2.39 bits per heavy atom. The van der Waals surface area contributed by atoms with E-state index < -0.39 is 12.1 Å². The molecule has 1 unspecified atom stereocenters. The van der Waals surface area contributed by atoms with Gasteiger partial charge < -0.3 is 14.6 Å². The van der Waals surface area contributed by atoms with E-state index in [0.717, 1.165) is 0 Å². The van der Waals surface area contributed by atoms with Crippen LogP contribution in [0.2, 0.25) is 0 Å². The molecule has 4 nitrogen and oxygen atoms in total. The number of aryl methyl sites for hydroxylation is 1. The molecule has 0 amide bonds. The fraction of sp³-hybridized carbons (Fsp3) is 0.462. The number of benzene rings is 1. The molecule has 0 bridgehead atoms. The first-order valence-electron chi connectivity index (χ1n) is 5.60. The fourth-order valence-corrected chi connectivity index (χ4v) is 1.74. The molecule has 0 aliphatic rings. The first-order chi connectivity index (χ1) is 8.49. The zero-order chi connectivity index (χ0) is 13.7. The minimum Gasteiger partial charge on any atom is -0.496 e. The molecule has 1 rings (SSSR count). The van der Waals surface area contributed by atoms with Crippen molar-refractivity contribution in [2.24, 2.45) is 0 Å². The molecule has 0 aliphatic heterocycles. The average Bonchev–Trinajstić information content (AvgIpc) is 2.34. The third-order valence-electron chi connectivity index (χ3n) is 2.67. The van der Waals surface area contributed by atoms with E-state index in [1.165, 1.54) is 21.1 Å². The maximum atomic E-state index is 13.5. The van der Waals surface area contributed by atoms with Crippen molar-refractivity contribution in [1.29, 1.82) is 0 Å². The topological polar surface area (TPSA) is 55.8 Å². The summed E-state index contributed by atoms with van der Waals surface area (Å²) in [6, 6.07) is 3.19. The highest BCUT2D eigenvalue weighted by Crippen LogP contribution is 2.34. The number of hydrogen-bond acceptors (Lipinski definition) is 3. The van der Waals surface area contributed by atoms with Gasteiger partial charge in [0.2, 0.25) is 0 Å². The Labute approximate surface area is 105 Å². The van der Waals surface area contributed by atoms with E-state index in [0.29, 0.717) is 29.0 Å². The van der Waals surface area contributed by atoms with Crippen LogP contribution in [0, 0.1) is 0 Å². The van der Waals surface area contributed by atoms with Crippen molar-refractivity contribution >= 4 is 5.97 Å². The summed E-state index contributed by atoms with van der Waals surface area (Å²) in [5, 5.41) is 8.68. The van der Waals surface area contributed by atoms with Crippen LogP contribution >= 0.6 is 0 Å². The quantitative estimate of drug-likeness (QED) is 0.850. The van der Waals surface area contributed by atoms with Crippen LogP contribution in [0.3, 0.4) is 0 Å². The molecule has 5 heteroatoms. The Morgan fingerprint density at radius 1 is 1.33 bits per heavy atom. The second-order valence-electron chi connectivity index (χ2n) is 3.92. The number of halogens is 1. The molecular weight excluding hydrogens is 239 g/mol. The van der Waals surface area contributed by atoms with Crippen molar-refractivity contribution in [3.63, 3.8) is 0 Å². The highest BCUT2D eigenvalue weighted by Gasteiger charge is 2.16. The van der Waals surface area contributed by atoms with Crippen molar-refractivity contribution in [3.05, 3.63) is 23.3 Å². The van der Waals surface area contributed by atoms with Crippen molar-refractivity contribution < 1.29 is 23.8 Å². The SMILES string of the molecule is COc1cc(OC)c(C(C)F)cc1CCC(=O)O. The molecule has 100 valence electrons. The molecule has 0 aliphatic carbocycles. The number of carbonyl (C=O) groups is 1. The Hall–Kier alpha value is -1.78. The molecule has 0 spiro atoms. The predicted octanol–water partition coefficient (Wildman–Crippen LogP) is 2.75. The second kappa shape index (κ2) is 6.23. The summed E-state index contributed by atoms with van der Waals surface area (Å²) in [4.78, 5) is 10.6. The summed E-state index contributed by atoms with van der Waals surface area (Å²) in [7, 11) is 2.94. The zero-order valence-corrected chi connectivity index (χ0v) is 10.7. The van der Waals surface area contributed by atoms with Crippen LogP contribution in [0.4, 0.5) is 4.39 Å². The first-order valence-corrected chi connectivity index (χ1v) is 5.60. The minimum atomic E-state index is -1.19. The normalized spacial score (nSPS) is 12.0. The van der Waals surface area contributed by atoms with Crippen LogP contribution in [0.25, 0.3) is 0 Å². The molecule has 0 radical (unpaired) electrons. The van der Waals surface area contributed by atoms with Crippen LogP contribution in [0.15, 0.2) is 12.1 Å². The van der Waals surface area contributed by atoms with Crippen molar-refractivity contribution in [2.75, 3.05) is 14.2 Å². The van der Waals surface area contributed by atoms with Gasteiger partial charge in [-0.2, -0.15) is 0 Å². The lowest BCUT2D eigenvalue weighted by atomic mass is 10.0. The Kier molecular flexibility index (Phi) is 4.95. The third kappa shape index (κ3) is 3.35. The third-order valence-corrected chi connectivity index (χ3v) is 2.67. The molecule has 18 heavy (non-hydrogen) atoms. The van der Waals surface area contributed by atoms with E-state index in [-0.39, 0.29) is 6.42 Å². The lowest BCUT2D eigenvalue weighted by molar-refractivity contribution is -0.136. The summed E-state index contributed by atoms with van der Waals surface area (Å²) in [5.74, 6) is 0.0149. The van der Waals surface area contributed by atoms with Crippen LogP contribution in [0.1, 0.15) is 30.6 Å². The molecular formula is C13H17FO4. The zero-order valence-electron chi connectivity index (χ0n) is 10.7. The fourth-order valence-electron chi connectivity index (χ4n) is 1.74. The molecule has 0 fully saturated rings. The number of rotatable bonds is 6. The van der Waals surface area contributed by atoms with Gasteiger partial charge in [0.1, 0.15) is 17.7 Å². The Bertz CT molecular complexity index is 429. The van der Waals surface area contributed by atoms with Gasteiger partial charge in [-0.15, -0.1) is 0 Å². The minimum absolute atomic E-state index is 0.0250. The van der Waals surface area contributed by atoms with Crippen LogP contribution < -0.4 is 9.47 Å². The van der Waals surface area contributed by atoms with Crippen molar-refractivity contribution in [3.8, 4) is 11.5 Å². The van der Waals surface area contributed by atoms with Gasteiger partial charge in [-0.05, 0) is 25.0 Å². The molecule has 1 aromatic carbocycles. The molecule has 0 heterocycles. The highest BCUT2D eigenvalue weighted by molar-refractivity contribution is 5.67.